The minimum Gasteiger partial charge on any atom is -0.482 e. The quantitative estimate of drug-likeness (QED) is 0.733. The van der Waals surface area contributed by atoms with Gasteiger partial charge in [-0.05, 0) is 46.8 Å². The summed E-state index contributed by atoms with van der Waals surface area (Å²) >= 11 is 11.7. The van der Waals surface area contributed by atoms with Crippen molar-refractivity contribution >= 4 is 34.8 Å². The number of rotatable bonds is 5. The normalized spacial score (nSPS) is 10.5. The van der Waals surface area contributed by atoms with Gasteiger partial charge in [0.1, 0.15) is 17.9 Å². The van der Waals surface area contributed by atoms with E-state index in [-0.39, 0.29) is 17.3 Å². The van der Waals surface area contributed by atoms with Crippen molar-refractivity contribution in [3.05, 3.63) is 58.6 Å². The molecule has 0 unspecified atom stereocenters. The highest BCUT2D eigenvalue weighted by Gasteiger charge is 2.11. The third-order valence-electron chi connectivity index (χ3n) is 3.09. The summed E-state index contributed by atoms with van der Waals surface area (Å²) in [5, 5.41) is 13.8. The van der Waals surface area contributed by atoms with E-state index in [9.17, 15) is 9.18 Å². The van der Waals surface area contributed by atoms with E-state index in [0.717, 1.165) is 0 Å². The number of hydrogen-bond donors (Lipinski definition) is 1. The second-order valence-corrected chi connectivity index (χ2v) is 5.67. The van der Waals surface area contributed by atoms with E-state index in [1.807, 2.05) is 0 Å². The summed E-state index contributed by atoms with van der Waals surface area (Å²) < 4.78 is 20.5. The molecule has 1 amide bonds. The van der Waals surface area contributed by atoms with E-state index in [2.05, 4.69) is 20.8 Å². The number of nitrogens with one attached hydrogen (secondary N) is 1. The van der Waals surface area contributed by atoms with Crippen LogP contribution in [0.25, 0.3) is 5.69 Å². The molecule has 0 fully saturated rings. The Morgan fingerprint density at radius 2 is 2.08 bits per heavy atom. The highest BCUT2D eigenvalue weighted by Crippen LogP contribution is 2.27. The summed E-state index contributed by atoms with van der Waals surface area (Å²) in [6.45, 7) is -0.351. The van der Waals surface area contributed by atoms with Crippen molar-refractivity contribution in [2.45, 2.75) is 0 Å². The third kappa shape index (κ3) is 4.23. The van der Waals surface area contributed by atoms with Gasteiger partial charge in [-0.3, -0.25) is 4.79 Å². The number of amides is 1. The highest BCUT2D eigenvalue weighted by atomic mass is 35.5. The van der Waals surface area contributed by atoms with Crippen molar-refractivity contribution in [2.24, 2.45) is 0 Å². The Morgan fingerprint density at radius 3 is 2.80 bits per heavy atom. The van der Waals surface area contributed by atoms with E-state index in [1.165, 1.54) is 41.3 Å². The summed E-state index contributed by atoms with van der Waals surface area (Å²) in [6, 6.07) is 8.69. The molecule has 1 heterocycles. The minimum atomic E-state index is -0.602. The van der Waals surface area contributed by atoms with Gasteiger partial charge < -0.3 is 10.1 Å². The number of carbonyl (C=O) groups excluding carboxylic acids is 1. The van der Waals surface area contributed by atoms with Crippen LogP contribution >= 0.6 is 23.2 Å². The molecule has 0 aliphatic carbocycles. The Hall–Kier alpha value is -2.71. The van der Waals surface area contributed by atoms with E-state index in [0.29, 0.717) is 16.5 Å². The lowest BCUT2D eigenvalue weighted by Gasteiger charge is -2.10. The number of ether oxygens (including phenoxy) is 1. The van der Waals surface area contributed by atoms with Gasteiger partial charge in [0.25, 0.3) is 5.91 Å². The number of aromatic nitrogens is 4. The van der Waals surface area contributed by atoms with Crippen LogP contribution in [0.2, 0.25) is 10.0 Å². The summed E-state index contributed by atoms with van der Waals surface area (Å²) in [4.78, 5) is 12.0. The number of benzene rings is 2. The minimum absolute atomic E-state index is 0.0243. The van der Waals surface area contributed by atoms with Gasteiger partial charge in [-0.2, -0.15) is 0 Å². The van der Waals surface area contributed by atoms with Crippen LogP contribution in [0.5, 0.6) is 5.75 Å². The first-order chi connectivity index (χ1) is 12.0. The molecule has 7 nitrogen and oxygen atoms in total. The molecule has 0 radical (unpaired) electrons. The first-order valence-corrected chi connectivity index (χ1v) is 7.69. The zero-order valence-electron chi connectivity index (χ0n) is 12.5. The number of tetrazole rings is 1. The average molecular weight is 382 g/mol. The molecule has 0 aliphatic rings. The number of hydrogen-bond acceptors (Lipinski definition) is 5. The first kappa shape index (κ1) is 17.1. The molecule has 1 N–H and O–H groups in total. The maximum absolute atomic E-state index is 13.9. The average Bonchev–Trinajstić information content (AvgIpc) is 3.10. The maximum atomic E-state index is 13.9. The fraction of sp³-hybridized carbons (Fsp3) is 0.0667. The summed E-state index contributed by atoms with van der Waals surface area (Å²) in [7, 11) is 0. The number of nitrogens with zero attached hydrogens (tertiary/aromatic N) is 4. The van der Waals surface area contributed by atoms with Crippen LogP contribution in [0.1, 0.15) is 0 Å². The monoisotopic (exact) mass is 381 g/mol. The van der Waals surface area contributed by atoms with E-state index >= 15 is 0 Å². The van der Waals surface area contributed by atoms with E-state index in [1.54, 1.807) is 6.07 Å². The second kappa shape index (κ2) is 7.45. The highest BCUT2D eigenvalue weighted by molar-refractivity contribution is 6.35. The molecule has 128 valence electrons. The van der Waals surface area contributed by atoms with Crippen molar-refractivity contribution in [1.29, 1.82) is 0 Å². The van der Waals surface area contributed by atoms with Gasteiger partial charge in [0, 0.05) is 5.02 Å². The molecule has 0 spiro atoms. The van der Waals surface area contributed by atoms with Gasteiger partial charge in [-0.15, -0.1) is 5.10 Å². The van der Waals surface area contributed by atoms with Gasteiger partial charge in [-0.1, -0.05) is 23.2 Å². The van der Waals surface area contributed by atoms with Crippen molar-refractivity contribution in [3.8, 4) is 11.4 Å². The summed E-state index contributed by atoms with van der Waals surface area (Å²) in [5.74, 6) is -0.863. The molecule has 2 aromatic carbocycles. The third-order valence-corrected chi connectivity index (χ3v) is 3.62. The zero-order valence-corrected chi connectivity index (χ0v) is 14.0. The van der Waals surface area contributed by atoms with Gasteiger partial charge in [0.2, 0.25) is 0 Å². The van der Waals surface area contributed by atoms with E-state index < -0.39 is 11.7 Å². The van der Waals surface area contributed by atoms with Crippen LogP contribution in [0.15, 0.2) is 42.7 Å². The van der Waals surface area contributed by atoms with Crippen LogP contribution in [-0.4, -0.2) is 32.7 Å². The van der Waals surface area contributed by atoms with Crippen molar-refractivity contribution in [1.82, 2.24) is 20.2 Å². The lowest BCUT2D eigenvalue weighted by molar-refractivity contribution is -0.118. The number of carbonyl (C=O) groups is 1. The molecule has 1 aromatic heterocycles. The predicted molar refractivity (Wildman–Crippen MR) is 89.7 cm³/mol. The van der Waals surface area contributed by atoms with Gasteiger partial charge in [-0.25, -0.2) is 9.07 Å². The van der Waals surface area contributed by atoms with Crippen molar-refractivity contribution in [2.75, 3.05) is 11.9 Å². The molecular weight excluding hydrogens is 372 g/mol. The first-order valence-electron chi connectivity index (χ1n) is 6.93. The molecule has 0 saturated heterocycles. The molecule has 0 saturated carbocycles. The molecule has 3 aromatic rings. The van der Waals surface area contributed by atoms with Crippen LogP contribution in [0.3, 0.4) is 0 Å². The lowest BCUT2D eigenvalue weighted by atomic mass is 10.2. The number of halogens is 3. The Morgan fingerprint density at radius 1 is 1.24 bits per heavy atom. The Bertz CT molecular complexity index is 905. The van der Waals surface area contributed by atoms with Crippen LogP contribution in [0, 0.1) is 5.82 Å². The SMILES string of the molecule is O=C(COc1ccc(Cl)cc1Cl)Nc1cc(-n2cnnn2)ccc1F. The van der Waals surface area contributed by atoms with Crippen molar-refractivity contribution < 1.29 is 13.9 Å². The largest absolute Gasteiger partial charge is 0.482 e. The smallest absolute Gasteiger partial charge is 0.262 e. The molecular formula is C15H10Cl2FN5O2. The fourth-order valence-electron chi connectivity index (χ4n) is 1.95. The Balaban J connectivity index is 1.67. The maximum Gasteiger partial charge on any atom is 0.262 e. The zero-order chi connectivity index (χ0) is 17.8. The van der Waals surface area contributed by atoms with Gasteiger partial charge >= 0.3 is 0 Å². The van der Waals surface area contributed by atoms with E-state index in [4.69, 9.17) is 27.9 Å². The standard InChI is InChI=1S/C15H10Cl2FN5O2/c16-9-1-4-14(11(17)5-9)25-7-15(24)20-13-6-10(2-3-12(13)18)23-8-19-21-22-23/h1-6,8H,7H2,(H,20,24). The molecule has 0 atom stereocenters. The predicted octanol–water partition coefficient (Wildman–Crippen LogP) is 3.13. The Kier molecular flexibility index (Phi) is 5.11. The van der Waals surface area contributed by atoms with Crippen LogP contribution < -0.4 is 10.1 Å². The van der Waals surface area contributed by atoms with Gasteiger partial charge in [0.15, 0.2) is 6.61 Å². The molecule has 10 heteroatoms. The topological polar surface area (TPSA) is 81.9 Å². The molecule has 0 aliphatic heterocycles. The van der Waals surface area contributed by atoms with Crippen LogP contribution in [-0.2, 0) is 4.79 Å². The second-order valence-electron chi connectivity index (χ2n) is 4.83. The number of anilines is 1. The van der Waals surface area contributed by atoms with Crippen LogP contribution in [0.4, 0.5) is 10.1 Å². The van der Waals surface area contributed by atoms with Crippen molar-refractivity contribution in [3.63, 3.8) is 0 Å². The molecule has 0 bridgehead atoms. The molecule has 25 heavy (non-hydrogen) atoms. The summed E-state index contributed by atoms with van der Waals surface area (Å²) in [6.07, 6.45) is 1.35. The van der Waals surface area contributed by atoms with Gasteiger partial charge in [0.05, 0.1) is 16.4 Å². The lowest BCUT2D eigenvalue weighted by Crippen LogP contribution is -2.21. The Labute approximate surface area is 151 Å². The fourth-order valence-corrected chi connectivity index (χ4v) is 2.42. The summed E-state index contributed by atoms with van der Waals surface area (Å²) in [5.41, 5.74) is 0.465. The molecule has 3 rings (SSSR count).